The van der Waals surface area contributed by atoms with Crippen LogP contribution in [0.2, 0.25) is 0 Å². The fraction of sp³-hybridized carbons (Fsp3) is 0.265. The van der Waals surface area contributed by atoms with Crippen LogP contribution in [0.4, 0.5) is 5.69 Å². The Labute approximate surface area is 352 Å². The molecule has 11 rings (SSSR count). The van der Waals surface area contributed by atoms with E-state index in [1.807, 2.05) is 85.8 Å². The summed E-state index contributed by atoms with van der Waals surface area (Å²) in [5, 5.41) is 5.65. The molecule has 2 aliphatic heterocycles. The van der Waals surface area contributed by atoms with E-state index in [1.54, 1.807) is 0 Å². The van der Waals surface area contributed by atoms with Crippen molar-refractivity contribution in [2.24, 2.45) is 11.1 Å². The lowest BCUT2D eigenvalue weighted by molar-refractivity contribution is 0.116. The molecule has 61 heavy (non-hydrogen) atoms. The Kier molecular flexibility index (Phi) is 9.58. The number of H-pyrrole nitrogens is 3. The minimum absolute atomic E-state index is 0.0993. The highest BCUT2D eigenvalue weighted by atomic mass is 16.6. The SMILES string of the molecule is CCOc1ccc(-c2nc3ccc(-c4nc5ccc(N6CCN(CC7CCN(CCO/N=C8\c9ccccc9-c9c8c8ccccc8[nH]c9=O)C7)CC6)cc5[nH]4)cc3[nH]2)cc1. The Hall–Kier alpha value is -6.76. The lowest BCUT2D eigenvalue weighted by Gasteiger charge is -2.37. The molecule has 1 unspecified atom stereocenters. The molecule has 2 fully saturated rings. The smallest absolute Gasteiger partial charge is 0.257 e. The summed E-state index contributed by atoms with van der Waals surface area (Å²) in [6.45, 7) is 11.3. The molecule has 8 aromatic rings. The van der Waals surface area contributed by atoms with Gasteiger partial charge in [0.2, 0.25) is 0 Å². The fourth-order valence-electron chi connectivity index (χ4n) is 9.48. The maximum atomic E-state index is 13.2. The molecule has 0 radical (unpaired) electrons. The number of hydrogen-bond donors (Lipinski definition) is 3. The van der Waals surface area contributed by atoms with Crippen LogP contribution in [0, 0.1) is 5.92 Å². The molecule has 0 amide bonds. The molecule has 3 aromatic heterocycles. The first kappa shape index (κ1) is 37.3. The number of oxime groups is 1. The van der Waals surface area contributed by atoms with E-state index in [1.165, 1.54) is 12.1 Å². The van der Waals surface area contributed by atoms with Crippen molar-refractivity contribution in [3.8, 4) is 39.7 Å². The van der Waals surface area contributed by atoms with E-state index in [2.05, 4.69) is 65.1 Å². The predicted octanol–water partition coefficient (Wildman–Crippen LogP) is 7.91. The van der Waals surface area contributed by atoms with E-state index in [9.17, 15) is 4.79 Å². The van der Waals surface area contributed by atoms with E-state index >= 15 is 0 Å². The molecule has 5 aromatic carbocycles. The van der Waals surface area contributed by atoms with Gasteiger partial charge in [-0.1, -0.05) is 47.6 Å². The van der Waals surface area contributed by atoms with Gasteiger partial charge >= 0.3 is 0 Å². The molecule has 1 aliphatic carbocycles. The molecule has 12 heteroatoms. The van der Waals surface area contributed by atoms with Crippen LogP contribution >= 0.6 is 0 Å². The van der Waals surface area contributed by atoms with E-state index in [-0.39, 0.29) is 5.56 Å². The summed E-state index contributed by atoms with van der Waals surface area (Å²) < 4.78 is 5.60. The highest BCUT2D eigenvalue weighted by molar-refractivity contribution is 6.29. The van der Waals surface area contributed by atoms with Crippen LogP contribution in [0.15, 0.2) is 119 Å². The number of piperazine rings is 1. The number of likely N-dealkylation sites (tertiary alicyclic amines) is 1. The molecule has 3 N–H and O–H groups in total. The largest absolute Gasteiger partial charge is 0.494 e. The van der Waals surface area contributed by atoms with Gasteiger partial charge in [-0.3, -0.25) is 14.6 Å². The summed E-state index contributed by atoms with van der Waals surface area (Å²) in [5.41, 5.74) is 12.0. The number of benzene rings is 5. The number of pyridine rings is 1. The van der Waals surface area contributed by atoms with Crippen molar-refractivity contribution in [2.45, 2.75) is 13.3 Å². The number of hydrogen-bond acceptors (Lipinski definition) is 9. The zero-order valence-electron chi connectivity index (χ0n) is 34.2. The summed E-state index contributed by atoms with van der Waals surface area (Å²) in [6, 6.07) is 36.7. The third-order valence-electron chi connectivity index (χ3n) is 12.5. The minimum atomic E-state index is -0.0993. The van der Waals surface area contributed by atoms with Crippen molar-refractivity contribution < 1.29 is 9.57 Å². The second kappa shape index (κ2) is 15.7. The van der Waals surface area contributed by atoms with Gasteiger partial charge in [0, 0.05) is 84.7 Å². The van der Waals surface area contributed by atoms with Crippen molar-refractivity contribution in [1.29, 1.82) is 0 Å². The number of aromatic amines is 3. The quantitative estimate of drug-likeness (QED) is 0.0889. The number of rotatable bonds is 11. The van der Waals surface area contributed by atoms with Crippen LogP contribution in [0.25, 0.3) is 66.9 Å². The van der Waals surface area contributed by atoms with Gasteiger partial charge < -0.3 is 29.4 Å². The van der Waals surface area contributed by atoms with Crippen LogP contribution in [0.1, 0.15) is 24.5 Å². The molecule has 3 aliphatic rings. The maximum absolute atomic E-state index is 13.2. The second-order valence-corrected chi connectivity index (χ2v) is 16.4. The Morgan fingerprint density at radius 3 is 2.25 bits per heavy atom. The average Bonchev–Trinajstić information content (AvgIpc) is 4.10. The summed E-state index contributed by atoms with van der Waals surface area (Å²) in [6.07, 6.45) is 1.19. The van der Waals surface area contributed by atoms with Crippen LogP contribution < -0.4 is 15.2 Å². The molecule has 5 heterocycles. The lowest BCUT2D eigenvalue weighted by Crippen LogP contribution is -2.48. The summed E-state index contributed by atoms with van der Waals surface area (Å²) in [5.74, 6) is 3.17. The molecule has 306 valence electrons. The maximum Gasteiger partial charge on any atom is 0.257 e. The van der Waals surface area contributed by atoms with Gasteiger partial charge in [-0.25, -0.2) is 9.97 Å². The zero-order valence-corrected chi connectivity index (χ0v) is 34.2. The predicted molar refractivity (Wildman–Crippen MR) is 243 cm³/mol. The van der Waals surface area contributed by atoms with Gasteiger partial charge in [0.1, 0.15) is 29.7 Å². The van der Waals surface area contributed by atoms with Gasteiger partial charge in [-0.05, 0) is 98.1 Å². The van der Waals surface area contributed by atoms with E-state index < -0.39 is 0 Å². The van der Waals surface area contributed by atoms with E-state index in [4.69, 9.17) is 19.5 Å². The highest BCUT2D eigenvalue weighted by Crippen LogP contribution is 2.38. The molecule has 1 atom stereocenters. The first-order valence-corrected chi connectivity index (χ1v) is 21.4. The van der Waals surface area contributed by atoms with Crippen molar-refractivity contribution in [3.05, 3.63) is 131 Å². The van der Waals surface area contributed by atoms with Crippen LogP contribution in [-0.2, 0) is 4.84 Å². The fourth-order valence-corrected chi connectivity index (χ4v) is 9.48. The van der Waals surface area contributed by atoms with Crippen molar-refractivity contribution in [2.75, 3.05) is 70.5 Å². The molecular weight excluding hydrogens is 763 g/mol. The number of nitrogens with zero attached hydrogens (tertiary/aromatic N) is 6. The zero-order chi connectivity index (χ0) is 40.9. The first-order valence-electron chi connectivity index (χ1n) is 21.4. The molecule has 0 spiro atoms. The van der Waals surface area contributed by atoms with Crippen LogP contribution in [0.3, 0.4) is 0 Å². The lowest BCUT2D eigenvalue weighted by atomic mass is 10.0. The minimum Gasteiger partial charge on any atom is -0.494 e. The van der Waals surface area contributed by atoms with E-state index in [0.717, 1.165) is 136 Å². The van der Waals surface area contributed by atoms with Gasteiger partial charge in [0.25, 0.3) is 5.56 Å². The normalized spacial score (nSPS) is 17.5. The first-order chi connectivity index (χ1) is 30.0. The van der Waals surface area contributed by atoms with Gasteiger partial charge in [0.05, 0.1) is 34.2 Å². The van der Waals surface area contributed by atoms with Crippen molar-refractivity contribution in [3.63, 3.8) is 0 Å². The molecule has 12 nitrogen and oxygen atoms in total. The van der Waals surface area contributed by atoms with Crippen LogP contribution in [-0.4, -0.2) is 106 Å². The number of fused-ring (bicyclic) bond motifs is 7. The molecule has 2 saturated heterocycles. The van der Waals surface area contributed by atoms with Gasteiger partial charge in [-0.15, -0.1) is 0 Å². The number of anilines is 1. The summed E-state index contributed by atoms with van der Waals surface area (Å²) in [7, 11) is 0. The second-order valence-electron chi connectivity index (χ2n) is 16.4. The number of aromatic nitrogens is 5. The van der Waals surface area contributed by atoms with Gasteiger partial charge in [0.15, 0.2) is 0 Å². The number of ether oxygens (including phenoxy) is 1. The van der Waals surface area contributed by atoms with Crippen LogP contribution in [0.5, 0.6) is 5.75 Å². The summed E-state index contributed by atoms with van der Waals surface area (Å²) >= 11 is 0. The van der Waals surface area contributed by atoms with E-state index in [0.29, 0.717) is 24.7 Å². The van der Waals surface area contributed by atoms with Crippen molar-refractivity contribution >= 4 is 44.4 Å². The molecule has 0 bridgehead atoms. The standard InChI is InChI=1S/C49H47N9O3/c1-2-60-35-15-11-32(12-16-35)47-50-40-17-13-33(27-42(40)52-47)48-51-41-18-14-34(28-43(41)53-48)58-23-21-57(22-24-58)30-31-19-20-56(29-31)25-26-61-55-46-37-8-4-3-7-36(37)45-44(46)38-9-5-6-10-39(38)54-49(45)59/h3-18,27-28,31H,2,19-26,29-30H2,1H3,(H,50,52)(H,51,53)(H,54,59)/b55-46+. The third-order valence-corrected chi connectivity index (χ3v) is 12.5. The number of nitrogens with one attached hydrogen (secondary N) is 3. The number of para-hydroxylation sites is 1. The molecule has 0 saturated carbocycles. The monoisotopic (exact) mass is 809 g/mol. The Balaban J connectivity index is 0.680. The number of imidazole rings is 2. The molecular formula is C49H47N9O3. The van der Waals surface area contributed by atoms with Crippen molar-refractivity contribution in [1.82, 2.24) is 34.7 Å². The Morgan fingerprint density at radius 1 is 0.705 bits per heavy atom. The highest BCUT2D eigenvalue weighted by Gasteiger charge is 2.31. The Morgan fingerprint density at radius 2 is 1.43 bits per heavy atom. The summed E-state index contributed by atoms with van der Waals surface area (Å²) in [4.78, 5) is 46.7. The Bertz CT molecular complexity index is 3000. The average molecular weight is 810 g/mol. The third kappa shape index (κ3) is 7.11. The van der Waals surface area contributed by atoms with Gasteiger partial charge in [-0.2, -0.15) is 0 Å². The topological polar surface area (TPSA) is 131 Å².